The normalized spacial score (nSPS) is 16.4. The average Bonchev–Trinajstić information content (AvgIpc) is 2.43. The fraction of sp³-hybridized carbons (Fsp3) is 0.900. The Morgan fingerprint density at radius 2 is 1.15 bits per heavy atom. The summed E-state index contributed by atoms with van der Waals surface area (Å²) in [7, 11) is 0. The van der Waals surface area contributed by atoms with Crippen molar-refractivity contribution < 1.29 is 71.0 Å². The maximum atomic E-state index is 13.1. The number of esters is 1. The van der Waals surface area contributed by atoms with Crippen LogP contribution in [0, 0.1) is 0 Å². The second-order valence-electron chi connectivity index (χ2n) is 4.63. The van der Waals surface area contributed by atoms with Crippen LogP contribution in [0.15, 0.2) is 0 Å². The topological polar surface area (TPSA) is 26.3 Å². The lowest BCUT2D eigenvalue weighted by Gasteiger charge is -2.39. The molecule has 0 aliphatic carbocycles. The van der Waals surface area contributed by atoms with Crippen LogP contribution in [-0.2, 0) is 9.53 Å². The van der Waals surface area contributed by atoms with E-state index in [-0.39, 0.29) is 0 Å². The lowest BCUT2D eigenvalue weighted by atomic mass is 9.91. The Balaban J connectivity index is 6.20. The van der Waals surface area contributed by atoms with E-state index in [9.17, 15) is 66.3 Å². The van der Waals surface area contributed by atoms with Gasteiger partial charge < -0.3 is 4.74 Å². The number of rotatable bonds is 7. The van der Waals surface area contributed by atoms with Crippen LogP contribution in [0.4, 0.5) is 61.5 Å². The summed E-state index contributed by atoms with van der Waals surface area (Å²) in [4.78, 5) is 10.3. The number of halogens is 14. The van der Waals surface area contributed by atoms with Crippen LogP contribution >= 0.6 is 0 Å². The Bertz CT molecular complexity index is 522. The van der Waals surface area contributed by atoms with Crippen molar-refractivity contribution in [1.82, 2.24) is 0 Å². The lowest BCUT2D eigenvalue weighted by molar-refractivity contribution is -0.407. The van der Waals surface area contributed by atoms with E-state index in [0.29, 0.717) is 6.92 Å². The van der Waals surface area contributed by atoms with Crippen molar-refractivity contribution >= 4 is 5.97 Å². The average molecular weight is 424 g/mol. The fourth-order valence-corrected chi connectivity index (χ4v) is 1.35. The summed E-state index contributed by atoms with van der Waals surface area (Å²) in [5, 5.41) is 0. The highest BCUT2D eigenvalue weighted by molar-refractivity contribution is 5.79. The highest BCUT2D eigenvalue weighted by atomic mass is 19.4. The molecule has 0 saturated carbocycles. The van der Waals surface area contributed by atoms with Crippen LogP contribution in [0.3, 0.4) is 0 Å². The van der Waals surface area contributed by atoms with E-state index in [1.807, 2.05) is 0 Å². The molecule has 0 saturated heterocycles. The fourth-order valence-electron chi connectivity index (χ4n) is 1.35. The molecule has 0 radical (unpaired) electrons. The highest BCUT2D eigenvalue weighted by Gasteiger charge is 2.89. The van der Waals surface area contributed by atoms with Crippen LogP contribution in [-0.4, -0.2) is 48.1 Å². The van der Waals surface area contributed by atoms with Gasteiger partial charge >= 0.3 is 41.9 Å². The Kier molecular flexibility index (Phi) is 6.20. The van der Waals surface area contributed by atoms with Crippen LogP contribution in [0.25, 0.3) is 0 Å². The second-order valence-corrected chi connectivity index (χ2v) is 4.63. The monoisotopic (exact) mass is 424 g/mol. The highest BCUT2D eigenvalue weighted by Crippen LogP contribution is 2.58. The van der Waals surface area contributed by atoms with Gasteiger partial charge in [-0.25, -0.2) is 9.18 Å². The molecule has 0 aromatic rings. The molecule has 0 rings (SSSR count). The molecule has 156 valence electrons. The number of hydrogen-bond donors (Lipinski definition) is 0. The third-order valence-corrected chi connectivity index (χ3v) is 2.82. The van der Waals surface area contributed by atoms with Gasteiger partial charge in [-0.2, -0.15) is 43.9 Å². The molecule has 1 atom stereocenters. The zero-order valence-corrected chi connectivity index (χ0v) is 11.9. The number of carbonyl (C=O) groups is 1. The summed E-state index contributed by atoms with van der Waals surface area (Å²) in [6.45, 7) is 0.375. The number of carbonyl (C=O) groups excluding carboxylic acids is 1. The smallest absolute Gasteiger partial charge is 0.368 e. The van der Waals surface area contributed by atoms with Crippen molar-refractivity contribution in [1.29, 1.82) is 0 Å². The Morgan fingerprint density at radius 1 is 0.769 bits per heavy atom. The third kappa shape index (κ3) is 3.63. The molecule has 0 aromatic carbocycles. The van der Waals surface area contributed by atoms with E-state index in [1.54, 1.807) is 4.74 Å². The van der Waals surface area contributed by atoms with Gasteiger partial charge in [0.15, 0.2) is 6.17 Å². The van der Waals surface area contributed by atoms with E-state index in [4.69, 9.17) is 0 Å². The van der Waals surface area contributed by atoms with E-state index in [2.05, 4.69) is 0 Å². The van der Waals surface area contributed by atoms with Crippen molar-refractivity contribution in [2.45, 2.75) is 55.5 Å². The number of ether oxygens (including phenoxy) is 1. The first-order valence-corrected chi connectivity index (χ1v) is 5.94. The molecule has 2 nitrogen and oxygen atoms in total. The predicted octanol–water partition coefficient (Wildman–Crippen LogP) is 4.97. The zero-order valence-electron chi connectivity index (χ0n) is 11.9. The molecule has 0 spiro atoms. The molecular formula is C10H6F14O2. The zero-order chi connectivity index (χ0) is 21.6. The van der Waals surface area contributed by atoms with E-state index < -0.39 is 54.5 Å². The van der Waals surface area contributed by atoms with Gasteiger partial charge in [0.1, 0.15) is 0 Å². The van der Waals surface area contributed by atoms with Gasteiger partial charge in [0.05, 0.1) is 0 Å². The molecule has 16 heteroatoms. The minimum absolute atomic E-state index is 0.375. The first kappa shape index (κ1) is 24.5. The van der Waals surface area contributed by atoms with Crippen LogP contribution in [0.5, 0.6) is 0 Å². The number of alkyl halides is 14. The molecule has 0 aliphatic heterocycles. The van der Waals surface area contributed by atoms with Gasteiger partial charge in [0.2, 0.25) is 0 Å². The SMILES string of the molecule is CCC(F)C(F)(F)C(F)(F)C(F)(F)C(F)(F)C(F)(F)C(=O)OC(F)(F)F. The quantitative estimate of drug-likeness (QED) is 0.426. The van der Waals surface area contributed by atoms with Crippen LogP contribution in [0.2, 0.25) is 0 Å². The molecular weight excluding hydrogens is 418 g/mol. The summed E-state index contributed by atoms with van der Waals surface area (Å²) in [6.07, 6.45) is -12.3. The van der Waals surface area contributed by atoms with Crippen molar-refractivity contribution in [2.75, 3.05) is 0 Å². The Labute approximate surface area is 134 Å². The predicted molar refractivity (Wildman–Crippen MR) is 52.1 cm³/mol. The summed E-state index contributed by atoms with van der Waals surface area (Å²) < 4.78 is 180. The molecule has 0 heterocycles. The summed E-state index contributed by atoms with van der Waals surface area (Å²) in [5.74, 6) is -41.7. The molecule has 0 fully saturated rings. The van der Waals surface area contributed by atoms with Gasteiger partial charge in [0.25, 0.3) is 0 Å². The summed E-state index contributed by atoms with van der Waals surface area (Å²) in [5.41, 5.74) is 0. The first-order chi connectivity index (χ1) is 11.1. The van der Waals surface area contributed by atoms with Gasteiger partial charge in [-0.15, -0.1) is 13.2 Å². The van der Waals surface area contributed by atoms with Crippen LogP contribution < -0.4 is 0 Å². The number of hydrogen-bond acceptors (Lipinski definition) is 2. The largest absolute Gasteiger partial charge is 0.575 e. The lowest BCUT2D eigenvalue weighted by Crippen LogP contribution is -2.70. The molecule has 0 aromatic heterocycles. The van der Waals surface area contributed by atoms with Crippen molar-refractivity contribution in [3.8, 4) is 0 Å². The summed E-state index contributed by atoms with van der Waals surface area (Å²) >= 11 is 0. The second kappa shape index (κ2) is 6.58. The Morgan fingerprint density at radius 3 is 1.46 bits per heavy atom. The maximum absolute atomic E-state index is 13.1. The molecule has 26 heavy (non-hydrogen) atoms. The first-order valence-electron chi connectivity index (χ1n) is 5.94. The minimum Gasteiger partial charge on any atom is -0.368 e. The van der Waals surface area contributed by atoms with Crippen molar-refractivity contribution in [3.63, 3.8) is 0 Å². The van der Waals surface area contributed by atoms with E-state index >= 15 is 0 Å². The molecule has 0 N–H and O–H groups in total. The van der Waals surface area contributed by atoms with Gasteiger partial charge in [-0.3, -0.25) is 0 Å². The molecule has 0 aliphatic rings. The van der Waals surface area contributed by atoms with E-state index in [0.717, 1.165) is 0 Å². The minimum atomic E-state index is -7.88. The van der Waals surface area contributed by atoms with E-state index in [1.165, 1.54) is 0 Å². The molecule has 0 bridgehead atoms. The van der Waals surface area contributed by atoms with Crippen LogP contribution in [0.1, 0.15) is 13.3 Å². The maximum Gasteiger partial charge on any atom is 0.575 e. The molecule has 1 unspecified atom stereocenters. The van der Waals surface area contributed by atoms with Gasteiger partial charge in [0, 0.05) is 0 Å². The van der Waals surface area contributed by atoms with Gasteiger partial charge in [-0.05, 0) is 6.42 Å². The Hall–Kier alpha value is -1.51. The van der Waals surface area contributed by atoms with Gasteiger partial charge in [-0.1, -0.05) is 6.92 Å². The van der Waals surface area contributed by atoms with Crippen molar-refractivity contribution in [2.24, 2.45) is 0 Å². The van der Waals surface area contributed by atoms with Crippen molar-refractivity contribution in [3.05, 3.63) is 0 Å². The third-order valence-electron chi connectivity index (χ3n) is 2.82. The standard InChI is InChI=1S/C10H6F14O2/c1-2-3(11)5(12,13)7(16,17)9(20,21)8(18,19)6(14,15)4(25)26-10(22,23)24/h3H,2H2,1H3. The molecule has 0 amide bonds. The summed E-state index contributed by atoms with van der Waals surface area (Å²) in [6, 6.07) is 0.